The molecule has 1 aromatic carbocycles. The van der Waals surface area contributed by atoms with Gasteiger partial charge in [0.05, 0.1) is 23.1 Å². The molecule has 27 heavy (non-hydrogen) atoms. The van der Waals surface area contributed by atoms with E-state index in [1.807, 2.05) is 39.0 Å². The van der Waals surface area contributed by atoms with Crippen molar-refractivity contribution in [1.82, 2.24) is 10.0 Å². The predicted molar refractivity (Wildman–Crippen MR) is 109 cm³/mol. The average molecular weight is 437 g/mol. The van der Waals surface area contributed by atoms with E-state index in [9.17, 15) is 4.79 Å². The van der Waals surface area contributed by atoms with Crippen LogP contribution in [0, 0.1) is 0 Å². The van der Waals surface area contributed by atoms with Crippen LogP contribution in [-0.4, -0.2) is 40.9 Å². The number of hydroxylamine groups is 2. The van der Waals surface area contributed by atoms with Gasteiger partial charge in [0.1, 0.15) is 5.60 Å². The molecule has 0 bridgehead atoms. The maximum absolute atomic E-state index is 11.8. The third-order valence-electron chi connectivity index (χ3n) is 4.25. The average Bonchev–Trinajstić information content (AvgIpc) is 2.57. The summed E-state index contributed by atoms with van der Waals surface area (Å²) >= 11 is 3.50. The van der Waals surface area contributed by atoms with E-state index < -0.39 is 11.8 Å². The molecule has 0 unspecified atom stereocenters. The van der Waals surface area contributed by atoms with Crippen LogP contribution in [0.15, 0.2) is 28.9 Å². The lowest BCUT2D eigenvalue weighted by molar-refractivity contribution is -0.151. The van der Waals surface area contributed by atoms with Gasteiger partial charge in [-0.2, -0.15) is 0 Å². The Morgan fingerprint density at radius 1 is 1.33 bits per heavy atom. The number of ether oxygens (including phenoxy) is 1. The molecule has 2 aromatic rings. The van der Waals surface area contributed by atoms with Gasteiger partial charge in [0.15, 0.2) is 0 Å². The number of pyridine rings is 1. The second-order valence-electron chi connectivity index (χ2n) is 7.65. The van der Waals surface area contributed by atoms with E-state index in [0.717, 1.165) is 33.9 Å². The van der Waals surface area contributed by atoms with Crippen LogP contribution in [0.5, 0.6) is 0 Å². The van der Waals surface area contributed by atoms with Crippen molar-refractivity contribution < 1.29 is 14.4 Å². The first-order chi connectivity index (χ1) is 12.7. The van der Waals surface area contributed by atoms with Crippen molar-refractivity contribution in [3.05, 3.63) is 28.9 Å². The maximum atomic E-state index is 11.8. The summed E-state index contributed by atoms with van der Waals surface area (Å²) in [4.78, 5) is 21.5. The number of hydrogen-bond donors (Lipinski definition) is 2. The Kier molecular flexibility index (Phi) is 5.76. The van der Waals surface area contributed by atoms with Gasteiger partial charge in [-0.15, -0.1) is 5.06 Å². The number of nitrogens with zero attached hydrogens (tertiary/aromatic N) is 2. The number of nitrogens with two attached hydrogens (primary N) is 1. The van der Waals surface area contributed by atoms with Gasteiger partial charge in [-0.05, 0) is 51.8 Å². The second kappa shape index (κ2) is 7.90. The van der Waals surface area contributed by atoms with Crippen LogP contribution in [0.2, 0.25) is 0 Å². The minimum absolute atomic E-state index is 0.232. The molecule has 0 saturated carbocycles. The molecule has 1 fully saturated rings. The van der Waals surface area contributed by atoms with Gasteiger partial charge in [0.2, 0.25) is 0 Å². The lowest BCUT2D eigenvalue weighted by Gasteiger charge is -2.32. The molecule has 0 radical (unpaired) electrons. The molecule has 0 spiro atoms. The zero-order valence-corrected chi connectivity index (χ0v) is 17.4. The summed E-state index contributed by atoms with van der Waals surface area (Å²) in [6, 6.07) is 6.17. The van der Waals surface area contributed by atoms with E-state index in [0.29, 0.717) is 18.8 Å². The van der Waals surface area contributed by atoms with Crippen LogP contribution < -0.4 is 11.1 Å². The van der Waals surface area contributed by atoms with Crippen molar-refractivity contribution in [2.24, 2.45) is 0 Å². The van der Waals surface area contributed by atoms with Crippen molar-refractivity contribution in [1.29, 1.82) is 0 Å². The summed E-state index contributed by atoms with van der Waals surface area (Å²) < 4.78 is 6.17. The molecule has 146 valence electrons. The molecule has 3 rings (SSSR count). The van der Waals surface area contributed by atoms with E-state index in [4.69, 9.17) is 15.3 Å². The van der Waals surface area contributed by atoms with Crippen molar-refractivity contribution in [3.63, 3.8) is 0 Å². The predicted octanol–water partition coefficient (Wildman–Crippen LogP) is 4.32. The van der Waals surface area contributed by atoms with E-state index in [2.05, 4.69) is 26.2 Å². The van der Waals surface area contributed by atoms with Crippen LogP contribution in [0.3, 0.4) is 0 Å². The van der Waals surface area contributed by atoms with Crippen LogP contribution in [0.1, 0.15) is 33.6 Å². The number of fused-ring (bicyclic) bond motifs is 1. The van der Waals surface area contributed by atoms with Gasteiger partial charge in [0.25, 0.3) is 0 Å². The van der Waals surface area contributed by atoms with Gasteiger partial charge in [-0.1, -0.05) is 15.9 Å². The van der Waals surface area contributed by atoms with Gasteiger partial charge in [-0.25, -0.2) is 4.79 Å². The number of carbonyl (C=O) groups is 1. The summed E-state index contributed by atoms with van der Waals surface area (Å²) in [5, 5.41) is 6.18. The molecule has 0 atom stereocenters. The number of anilines is 2. The topological polar surface area (TPSA) is 89.7 Å². The highest BCUT2D eigenvalue weighted by molar-refractivity contribution is 9.10. The van der Waals surface area contributed by atoms with Crippen LogP contribution in [0.25, 0.3) is 10.9 Å². The molecular formula is C19H25BrN4O3. The van der Waals surface area contributed by atoms with Crippen molar-refractivity contribution in [2.45, 2.75) is 45.3 Å². The van der Waals surface area contributed by atoms with Crippen LogP contribution in [0.4, 0.5) is 16.2 Å². The molecule has 0 aliphatic carbocycles. The van der Waals surface area contributed by atoms with E-state index in [1.54, 1.807) is 11.3 Å². The SMILES string of the molecule is CC(C)(C)OC(=O)ON1CCC(Nc2c(N)cnc3ccc(Br)cc23)CC1. The lowest BCUT2D eigenvalue weighted by atomic mass is 10.0. The third-order valence-corrected chi connectivity index (χ3v) is 4.75. The first-order valence-corrected chi connectivity index (χ1v) is 9.77. The molecule has 1 aliphatic rings. The minimum atomic E-state index is -0.664. The number of benzene rings is 1. The number of rotatable bonds is 3. The Hall–Kier alpha value is -2.06. The zero-order chi connectivity index (χ0) is 19.6. The largest absolute Gasteiger partial charge is 0.528 e. The smallest absolute Gasteiger partial charge is 0.427 e. The second-order valence-corrected chi connectivity index (χ2v) is 8.57. The molecule has 3 N–H and O–H groups in total. The summed E-state index contributed by atoms with van der Waals surface area (Å²) in [7, 11) is 0. The van der Waals surface area contributed by atoms with Crippen molar-refractivity contribution >= 4 is 44.4 Å². The Morgan fingerprint density at radius 2 is 2.04 bits per heavy atom. The molecule has 7 nitrogen and oxygen atoms in total. The fourth-order valence-electron chi connectivity index (χ4n) is 3.01. The number of nitrogens with one attached hydrogen (secondary N) is 1. The Labute approximate surface area is 167 Å². The molecule has 0 amide bonds. The van der Waals surface area contributed by atoms with Crippen LogP contribution in [-0.2, 0) is 9.57 Å². The zero-order valence-electron chi connectivity index (χ0n) is 15.8. The first kappa shape index (κ1) is 19.7. The van der Waals surface area contributed by atoms with Gasteiger partial charge < -0.3 is 20.6 Å². The number of aromatic nitrogens is 1. The summed E-state index contributed by atoms with van der Waals surface area (Å²) in [5.74, 6) is 0. The van der Waals surface area contributed by atoms with E-state index in [1.165, 1.54) is 0 Å². The minimum Gasteiger partial charge on any atom is -0.427 e. The van der Waals surface area contributed by atoms with E-state index in [-0.39, 0.29) is 6.04 Å². The van der Waals surface area contributed by atoms with Crippen molar-refractivity contribution in [2.75, 3.05) is 24.1 Å². The highest BCUT2D eigenvalue weighted by Crippen LogP contribution is 2.31. The maximum Gasteiger partial charge on any atom is 0.528 e. The standard InChI is InChI=1S/C19H25BrN4O3/c1-19(2,3)26-18(25)27-24-8-6-13(7-9-24)23-17-14-10-12(20)4-5-16(14)22-11-15(17)21/h4-5,10-11,13H,6-9,21H2,1-3H3,(H,22,23). The fraction of sp³-hybridized carbons (Fsp3) is 0.474. The number of piperidine rings is 1. The number of hydrogen-bond acceptors (Lipinski definition) is 7. The highest BCUT2D eigenvalue weighted by Gasteiger charge is 2.25. The Balaban J connectivity index is 1.61. The summed E-state index contributed by atoms with van der Waals surface area (Å²) in [5.41, 5.74) is 8.01. The molecule has 1 aliphatic heterocycles. The normalized spacial score (nSPS) is 16.3. The third kappa shape index (κ3) is 5.23. The highest BCUT2D eigenvalue weighted by atomic mass is 79.9. The van der Waals surface area contributed by atoms with E-state index >= 15 is 0 Å². The molecule has 2 heterocycles. The fourth-order valence-corrected chi connectivity index (χ4v) is 3.37. The first-order valence-electron chi connectivity index (χ1n) is 8.97. The van der Waals surface area contributed by atoms with Gasteiger partial charge >= 0.3 is 6.16 Å². The summed E-state index contributed by atoms with van der Waals surface area (Å²) in [6.07, 6.45) is 2.66. The van der Waals surface area contributed by atoms with Crippen LogP contribution >= 0.6 is 15.9 Å². The molecular weight excluding hydrogens is 412 g/mol. The number of halogens is 1. The monoisotopic (exact) mass is 436 g/mol. The molecule has 1 saturated heterocycles. The summed E-state index contributed by atoms with van der Waals surface area (Å²) in [6.45, 7) is 6.69. The Morgan fingerprint density at radius 3 is 2.70 bits per heavy atom. The van der Waals surface area contributed by atoms with Gasteiger partial charge in [0, 0.05) is 29.0 Å². The number of nitrogen functional groups attached to an aromatic ring is 1. The molecule has 8 heteroatoms. The molecule has 1 aromatic heterocycles. The number of carbonyl (C=O) groups excluding carboxylic acids is 1. The Bertz CT molecular complexity index is 824. The lowest BCUT2D eigenvalue weighted by Crippen LogP contribution is -2.41. The quantitative estimate of drug-likeness (QED) is 0.692. The van der Waals surface area contributed by atoms with Gasteiger partial charge in [-0.3, -0.25) is 4.98 Å². The van der Waals surface area contributed by atoms with Crippen molar-refractivity contribution in [3.8, 4) is 0 Å².